The number of aliphatic imine (C=N–C) groups is 1. The van der Waals surface area contributed by atoms with Gasteiger partial charge < -0.3 is 11.1 Å². The van der Waals surface area contributed by atoms with Gasteiger partial charge in [0.1, 0.15) is 5.84 Å². The van der Waals surface area contributed by atoms with Crippen LogP contribution in [0.5, 0.6) is 0 Å². The molecule has 22 heavy (non-hydrogen) atoms. The van der Waals surface area contributed by atoms with E-state index in [1.54, 1.807) is 6.92 Å². The van der Waals surface area contributed by atoms with Gasteiger partial charge >= 0.3 is 0 Å². The zero-order valence-electron chi connectivity index (χ0n) is 12.7. The Morgan fingerprint density at radius 2 is 1.50 bits per heavy atom. The number of nitrogens with two attached hydrogens (primary N) is 1. The summed E-state index contributed by atoms with van der Waals surface area (Å²) in [5.41, 5.74) is 8.31. The molecule has 0 fully saturated rings. The van der Waals surface area contributed by atoms with Crippen molar-refractivity contribution >= 4 is 23.0 Å². The van der Waals surface area contributed by atoms with Gasteiger partial charge in [-0.25, -0.2) is 4.99 Å². The lowest BCUT2D eigenvalue weighted by molar-refractivity contribution is -0.113. The number of anilines is 1. The van der Waals surface area contributed by atoms with E-state index >= 15 is 0 Å². The fourth-order valence-corrected chi connectivity index (χ4v) is 2.07. The number of Topliss-reactive ketones (excluding diaryl/α,β-unsaturated/α-hetero) is 1. The van der Waals surface area contributed by atoms with E-state index < -0.39 is 0 Å². The van der Waals surface area contributed by atoms with Crippen LogP contribution in [-0.2, 0) is 4.79 Å². The van der Waals surface area contributed by atoms with E-state index in [0.717, 1.165) is 11.4 Å². The molecule has 0 saturated carbocycles. The molecule has 0 aromatic heterocycles. The van der Waals surface area contributed by atoms with Crippen LogP contribution in [0.3, 0.4) is 0 Å². The zero-order valence-corrected chi connectivity index (χ0v) is 12.7. The van der Waals surface area contributed by atoms with E-state index in [-0.39, 0.29) is 5.78 Å². The first-order chi connectivity index (χ1) is 10.6. The molecule has 0 heterocycles. The molecule has 0 radical (unpaired) electrons. The SMILES string of the molecule is CC(=O)/C(C(=Nc1ccccc1)Nc1ccccc1)=C(/C)N. The van der Waals surface area contributed by atoms with Crippen LogP contribution in [0, 0.1) is 0 Å². The van der Waals surface area contributed by atoms with Gasteiger partial charge in [-0.15, -0.1) is 0 Å². The minimum Gasteiger partial charge on any atom is -0.402 e. The molecule has 0 unspecified atom stereocenters. The van der Waals surface area contributed by atoms with Crippen molar-refractivity contribution in [2.45, 2.75) is 13.8 Å². The van der Waals surface area contributed by atoms with Crippen LogP contribution in [0.15, 0.2) is 76.9 Å². The summed E-state index contributed by atoms with van der Waals surface area (Å²) < 4.78 is 0. The molecule has 0 saturated heterocycles. The van der Waals surface area contributed by atoms with Crippen molar-refractivity contribution in [2.75, 3.05) is 5.32 Å². The normalized spacial score (nSPS) is 12.5. The summed E-state index contributed by atoms with van der Waals surface area (Å²) in [6.45, 7) is 3.18. The number of allylic oxidation sites excluding steroid dienone is 1. The van der Waals surface area contributed by atoms with E-state index in [1.807, 2.05) is 60.7 Å². The topological polar surface area (TPSA) is 67.5 Å². The van der Waals surface area contributed by atoms with Gasteiger partial charge in [-0.1, -0.05) is 36.4 Å². The summed E-state index contributed by atoms with van der Waals surface area (Å²) >= 11 is 0. The molecule has 3 N–H and O–H groups in total. The number of nitrogens with one attached hydrogen (secondary N) is 1. The van der Waals surface area contributed by atoms with Crippen molar-refractivity contribution in [1.82, 2.24) is 0 Å². The van der Waals surface area contributed by atoms with E-state index in [0.29, 0.717) is 17.1 Å². The molecular formula is C18H19N3O. The Balaban J connectivity index is 2.47. The van der Waals surface area contributed by atoms with Gasteiger partial charge in [0.15, 0.2) is 5.78 Å². The summed E-state index contributed by atoms with van der Waals surface area (Å²) in [6, 6.07) is 19.0. The molecule has 0 aliphatic carbocycles. The number of nitrogens with zero attached hydrogens (tertiary/aromatic N) is 1. The number of ketones is 1. The Labute approximate surface area is 130 Å². The average molecular weight is 293 g/mol. The number of amidine groups is 1. The van der Waals surface area contributed by atoms with Gasteiger partial charge in [0.25, 0.3) is 0 Å². The third-order valence-electron chi connectivity index (χ3n) is 3.02. The number of carbonyl (C=O) groups excluding carboxylic acids is 1. The quantitative estimate of drug-likeness (QED) is 0.513. The van der Waals surface area contributed by atoms with Gasteiger partial charge in [-0.05, 0) is 38.1 Å². The second-order valence-corrected chi connectivity index (χ2v) is 4.90. The minimum absolute atomic E-state index is 0.127. The molecule has 0 aliphatic heterocycles. The highest BCUT2D eigenvalue weighted by Gasteiger charge is 2.15. The summed E-state index contributed by atoms with van der Waals surface area (Å²) in [5.74, 6) is 0.322. The maximum absolute atomic E-state index is 11.9. The Morgan fingerprint density at radius 3 is 2.00 bits per heavy atom. The van der Waals surface area contributed by atoms with Crippen molar-refractivity contribution in [1.29, 1.82) is 0 Å². The molecule has 0 aliphatic rings. The summed E-state index contributed by atoms with van der Waals surface area (Å²) in [6.07, 6.45) is 0. The first-order valence-electron chi connectivity index (χ1n) is 7.01. The first-order valence-corrected chi connectivity index (χ1v) is 7.01. The average Bonchev–Trinajstić information content (AvgIpc) is 2.48. The number of hydrogen-bond acceptors (Lipinski definition) is 3. The van der Waals surface area contributed by atoms with Crippen molar-refractivity contribution in [2.24, 2.45) is 10.7 Å². The standard InChI is InChI=1S/C18H19N3O/c1-13(19)17(14(2)22)18(20-15-9-5-3-6-10-15)21-16-11-7-4-8-12-16/h3-12H,19H2,1-2H3,(H,20,21)/b17-13+. The second-order valence-electron chi connectivity index (χ2n) is 4.90. The predicted octanol–water partition coefficient (Wildman–Crippen LogP) is 3.65. The van der Waals surface area contributed by atoms with Gasteiger partial charge in [0.2, 0.25) is 0 Å². The molecule has 2 rings (SSSR count). The molecule has 2 aromatic carbocycles. The number of hydrogen-bond donors (Lipinski definition) is 2. The Kier molecular flexibility index (Phi) is 5.09. The number of carbonyl (C=O) groups is 1. The van der Waals surface area contributed by atoms with E-state index in [1.165, 1.54) is 6.92 Å². The van der Waals surface area contributed by atoms with Crippen LogP contribution >= 0.6 is 0 Å². The van der Waals surface area contributed by atoms with Crippen LogP contribution < -0.4 is 11.1 Å². The van der Waals surface area contributed by atoms with E-state index in [2.05, 4.69) is 10.3 Å². The fourth-order valence-electron chi connectivity index (χ4n) is 2.07. The smallest absolute Gasteiger partial charge is 0.165 e. The highest BCUT2D eigenvalue weighted by Crippen LogP contribution is 2.16. The first kappa shape index (κ1) is 15.5. The number of benzene rings is 2. The van der Waals surface area contributed by atoms with Crippen LogP contribution in [-0.4, -0.2) is 11.6 Å². The van der Waals surface area contributed by atoms with Gasteiger partial charge in [-0.2, -0.15) is 0 Å². The fraction of sp³-hybridized carbons (Fsp3) is 0.111. The summed E-state index contributed by atoms with van der Waals surface area (Å²) in [7, 11) is 0. The molecule has 4 heteroatoms. The molecular weight excluding hydrogens is 274 g/mol. The zero-order chi connectivity index (χ0) is 15.9. The van der Waals surface area contributed by atoms with Crippen LogP contribution in [0.4, 0.5) is 11.4 Å². The van der Waals surface area contributed by atoms with Crippen LogP contribution in [0.2, 0.25) is 0 Å². The number of para-hydroxylation sites is 2. The van der Waals surface area contributed by atoms with Crippen LogP contribution in [0.25, 0.3) is 0 Å². The van der Waals surface area contributed by atoms with Gasteiger partial charge in [-0.3, -0.25) is 4.79 Å². The monoisotopic (exact) mass is 293 g/mol. The Hall–Kier alpha value is -2.88. The molecule has 112 valence electrons. The van der Waals surface area contributed by atoms with Gasteiger partial charge in [0, 0.05) is 11.4 Å². The lowest BCUT2D eigenvalue weighted by Gasteiger charge is -2.13. The molecule has 2 aromatic rings. The van der Waals surface area contributed by atoms with Crippen molar-refractivity contribution in [3.05, 3.63) is 71.9 Å². The van der Waals surface area contributed by atoms with Crippen LogP contribution in [0.1, 0.15) is 13.8 Å². The number of rotatable bonds is 4. The molecule has 0 amide bonds. The summed E-state index contributed by atoms with van der Waals surface area (Å²) in [4.78, 5) is 16.5. The molecule has 0 spiro atoms. The molecule has 0 bridgehead atoms. The lowest BCUT2D eigenvalue weighted by atomic mass is 10.1. The van der Waals surface area contributed by atoms with Crippen molar-refractivity contribution < 1.29 is 4.79 Å². The third kappa shape index (κ3) is 4.06. The maximum Gasteiger partial charge on any atom is 0.165 e. The molecule has 4 nitrogen and oxygen atoms in total. The van der Waals surface area contributed by atoms with E-state index in [9.17, 15) is 4.79 Å². The largest absolute Gasteiger partial charge is 0.402 e. The Morgan fingerprint density at radius 1 is 0.955 bits per heavy atom. The van der Waals surface area contributed by atoms with Crippen molar-refractivity contribution in [3.63, 3.8) is 0 Å². The predicted molar refractivity (Wildman–Crippen MR) is 91.2 cm³/mol. The highest BCUT2D eigenvalue weighted by atomic mass is 16.1. The highest BCUT2D eigenvalue weighted by molar-refractivity contribution is 6.26. The molecule has 0 atom stereocenters. The maximum atomic E-state index is 11.9. The van der Waals surface area contributed by atoms with E-state index in [4.69, 9.17) is 5.73 Å². The second kappa shape index (κ2) is 7.22. The summed E-state index contributed by atoms with van der Waals surface area (Å²) in [5, 5.41) is 3.18. The third-order valence-corrected chi connectivity index (χ3v) is 3.02. The van der Waals surface area contributed by atoms with Crippen molar-refractivity contribution in [3.8, 4) is 0 Å². The Bertz CT molecular complexity index is 700. The lowest BCUT2D eigenvalue weighted by Crippen LogP contribution is -2.22. The van der Waals surface area contributed by atoms with Gasteiger partial charge in [0.05, 0.1) is 11.3 Å². The minimum atomic E-state index is -0.127.